The Morgan fingerprint density at radius 2 is 1.84 bits per heavy atom. The summed E-state index contributed by atoms with van der Waals surface area (Å²) in [5, 5.41) is 5.79. The third-order valence-electron chi connectivity index (χ3n) is 4.27. The van der Waals surface area contributed by atoms with Gasteiger partial charge in [-0.25, -0.2) is 14.8 Å². The largest absolute Gasteiger partial charge is 0.488 e. The molecular formula is C22H27N5O2S2. The quantitative estimate of drug-likeness (QED) is 0.450. The molecule has 0 spiro atoms. The number of carbonyl (C=O) groups is 1. The van der Waals surface area contributed by atoms with Gasteiger partial charge in [-0.05, 0) is 42.2 Å². The third-order valence-corrected chi connectivity index (χ3v) is 6.43. The molecule has 0 radical (unpaired) electrons. The van der Waals surface area contributed by atoms with E-state index in [9.17, 15) is 4.79 Å². The van der Waals surface area contributed by atoms with Gasteiger partial charge in [-0.1, -0.05) is 44.7 Å². The summed E-state index contributed by atoms with van der Waals surface area (Å²) in [6.45, 7) is 9.52. The maximum Gasteiger partial charge on any atom is 0.321 e. The Kier molecular flexibility index (Phi) is 7.86. The molecule has 0 saturated carbocycles. The van der Waals surface area contributed by atoms with Crippen LogP contribution < -0.4 is 15.4 Å². The highest BCUT2D eigenvalue weighted by Gasteiger charge is 2.13. The van der Waals surface area contributed by atoms with Gasteiger partial charge < -0.3 is 10.1 Å². The SMILES string of the molecule is CCNC(=O)Nc1ncnc(SCc2ccc(COc3ccc(C(C)(C)C)cc3)s2)n1. The number of benzene rings is 1. The van der Waals surface area contributed by atoms with Crippen LogP contribution in [0.5, 0.6) is 5.75 Å². The second-order valence-corrected chi connectivity index (χ2v) is 9.99. The maximum absolute atomic E-state index is 11.6. The molecule has 2 amide bonds. The van der Waals surface area contributed by atoms with Crippen molar-refractivity contribution in [2.24, 2.45) is 0 Å². The van der Waals surface area contributed by atoms with Crippen molar-refractivity contribution in [1.29, 1.82) is 0 Å². The number of nitrogens with one attached hydrogen (secondary N) is 2. The number of rotatable bonds is 8. The number of amides is 2. The van der Waals surface area contributed by atoms with Crippen molar-refractivity contribution in [3.8, 4) is 5.75 Å². The summed E-state index contributed by atoms with van der Waals surface area (Å²) in [4.78, 5) is 26.3. The van der Waals surface area contributed by atoms with E-state index in [4.69, 9.17) is 4.74 Å². The van der Waals surface area contributed by atoms with Crippen molar-refractivity contribution < 1.29 is 9.53 Å². The minimum absolute atomic E-state index is 0.135. The van der Waals surface area contributed by atoms with E-state index in [0.29, 0.717) is 18.3 Å². The van der Waals surface area contributed by atoms with Gasteiger partial charge in [-0.2, -0.15) is 4.98 Å². The molecule has 0 aliphatic carbocycles. The summed E-state index contributed by atoms with van der Waals surface area (Å²) in [6.07, 6.45) is 1.40. The molecule has 0 bridgehead atoms. The maximum atomic E-state index is 11.6. The molecule has 0 aliphatic heterocycles. The van der Waals surface area contributed by atoms with E-state index in [2.05, 4.69) is 70.6 Å². The van der Waals surface area contributed by atoms with E-state index in [0.717, 1.165) is 16.4 Å². The molecule has 31 heavy (non-hydrogen) atoms. The molecule has 2 aromatic heterocycles. The molecule has 3 rings (SSSR count). The third kappa shape index (κ3) is 7.22. The standard InChI is InChI=1S/C22H27N5O2S2/c1-5-23-20(28)26-19-24-14-25-21(27-19)30-13-18-11-10-17(31-18)12-29-16-8-6-15(7-9-16)22(2,3)4/h6-11,14H,5,12-13H2,1-4H3,(H2,23,24,25,26,27,28). The van der Waals surface area contributed by atoms with Crippen molar-refractivity contribution in [1.82, 2.24) is 20.3 Å². The van der Waals surface area contributed by atoms with Crippen LogP contribution in [0.4, 0.5) is 10.7 Å². The summed E-state index contributed by atoms with van der Waals surface area (Å²) >= 11 is 3.20. The summed E-state index contributed by atoms with van der Waals surface area (Å²) in [5.41, 5.74) is 1.42. The highest BCUT2D eigenvalue weighted by molar-refractivity contribution is 7.98. The Morgan fingerprint density at radius 1 is 1.10 bits per heavy atom. The molecule has 0 atom stereocenters. The fourth-order valence-corrected chi connectivity index (χ4v) is 4.42. The smallest absolute Gasteiger partial charge is 0.321 e. The topological polar surface area (TPSA) is 89.0 Å². The van der Waals surface area contributed by atoms with Crippen LogP contribution in [-0.2, 0) is 17.8 Å². The Hall–Kier alpha value is -2.65. The van der Waals surface area contributed by atoms with E-state index < -0.39 is 0 Å². The molecule has 2 N–H and O–H groups in total. The lowest BCUT2D eigenvalue weighted by atomic mass is 9.87. The first kappa shape index (κ1) is 23.0. The summed E-state index contributed by atoms with van der Waals surface area (Å²) in [5.74, 6) is 1.84. The number of thioether (sulfide) groups is 1. The average Bonchev–Trinajstić information content (AvgIpc) is 3.19. The van der Waals surface area contributed by atoms with E-state index >= 15 is 0 Å². The first-order valence-corrected chi connectivity index (χ1v) is 11.8. The molecule has 0 fully saturated rings. The lowest BCUT2D eigenvalue weighted by Gasteiger charge is -2.19. The molecule has 3 aromatic rings. The van der Waals surface area contributed by atoms with Crippen LogP contribution in [0.25, 0.3) is 0 Å². The lowest BCUT2D eigenvalue weighted by molar-refractivity contribution is 0.252. The molecule has 0 saturated heterocycles. The van der Waals surface area contributed by atoms with Gasteiger partial charge in [-0.3, -0.25) is 5.32 Å². The molecule has 9 heteroatoms. The number of nitrogens with zero attached hydrogens (tertiary/aromatic N) is 3. The number of aromatic nitrogens is 3. The first-order chi connectivity index (χ1) is 14.8. The number of urea groups is 1. The number of hydrogen-bond donors (Lipinski definition) is 2. The van der Waals surface area contributed by atoms with Crippen LogP contribution in [0.1, 0.15) is 43.0 Å². The van der Waals surface area contributed by atoms with E-state index in [1.54, 1.807) is 11.3 Å². The molecule has 0 unspecified atom stereocenters. The summed E-state index contributed by atoms with van der Waals surface area (Å²) < 4.78 is 5.93. The normalized spacial score (nSPS) is 11.2. The summed E-state index contributed by atoms with van der Waals surface area (Å²) in [6, 6.07) is 12.1. The highest BCUT2D eigenvalue weighted by atomic mass is 32.2. The van der Waals surface area contributed by atoms with Gasteiger partial charge >= 0.3 is 6.03 Å². The van der Waals surface area contributed by atoms with Crippen LogP contribution in [0.2, 0.25) is 0 Å². The van der Waals surface area contributed by atoms with Gasteiger partial charge in [0.05, 0.1) is 0 Å². The van der Waals surface area contributed by atoms with Crippen molar-refractivity contribution in [3.63, 3.8) is 0 Å². The predicted octanol–water partition coefficient (Wildman–Crippen LogP) is 5.24. The van der Waals surface area contributed by atoms with Crippen LogP contribution in [0, 0.1) is 0 Å². The fourth-order valence-electron chi connectivity index (χ4n) is 2.64. The van der Waals surface area contributed by atoms with Gasteiger partial charge in [0.1, 0.15) is 18.7 Å². The van der Waals surface area contributed by atoms with Crippen molar-refractivity contribution >= 4 is 35.1 Å². The number of ether oxygens (including phenoxy) is 1. The first-order valence-electron chi connectivity index (χ1n) is 10.0. The number of hydrogen-bond acceptors (Lipinski definition) is 7. The second kappa shape index (κ2) is 10.6. The highest BCUT2D eigenvalue weighted by Crippen LogP contribution is 2.27. The zero-order valence-electron chi connectivity index (χ0n) is 18.1. The molecular weight excluding hydrogens is 430 g/mol. The number of thiophene rings is 1. The van der Waals surface area contributed by atoms with E-state index in [1.165, 1.54) is 28.5 Å². The summed E-state index contributed by atoms with van der Waals surface area (Å²) in [7, 11) is 0. The lowest BCUT2D eigenvalue weighted by Crippen LogP contribution is -2.29. The van der Waals surface area contributed by atoms with Crippen molar-refractivity contribution in [2.45, 2.75) is 50.6 Å². The van der Waals surface area contributed by atoms with E-state index in [-0.39, 0.29) is 17.4 Å². The average molecular weight is 458 g/mol. The van der Waals surface area contributed by atoms with Crippen LogP contribution in [0.15, 0.2) is 47.9 Å². The minimum atomic E-state index is -0.333. The molecule has 1 aromatic carbocycles. The van der Waals surface area contributed by atoms with Gasteiger partial charge in [0.25, 0.3) is 0 Å². The zero-order valence-corrected chi connectivity index (χ0v) is 19.8. The van der Waals surface area contributed by atoms with Crippen molar-refractivity contribution in [3.05, 3.63) is 58.0 Å². The molecule has 2 heterocycles. The van der Waals surface area contributed by atoms with Gasteiger partial charge in [0.2, 0.25) is 5.95 Å². The van der Waals surface area contributed by atoms with Gasteiger partial charge in [0.15, 0.2) is 5.16 Å². The monoisotopic (exact) mass is 457 g/mol. The number of anilines is 1. The Morgan fingerprint density at radius 3 is 2.55 bits per heavy atom. The molecule has 7 nitrogen and oxygen atoms in total. The molecule has 0 aliphatic rings. The Bertz CT molecular complexity index is 1000. The molecule has 164 valence electrons. The van der Waals surface area contributed by atoms with Crippen LogP contribution in [0.3, 0.4) is 0 Å². The fraction of sp³-hybridized carbons (Fsp3) is 0.364. The van der Waals surface area contributed by atoms with Crippen molar-refractivity contribution in [2.75, 3.05) is 11.9 Å². The van der Waals surface area contributed by atoms with Gasteiger partial charge in [0, 0.05) is 22.1 Å². The number of carbonyl (C=O) groups excluding carboxylic acids is 1. The second-order valence-electron chi connectivity index (χ2n) is 7.80. The Balaban J connectivity index is 1.49. The predicted molar refractivity (Wildman–Crippen MR) is 126 cm³/mol. The van der Waals surface area contributed by atoms with Crippen LogP contribution >= 0.6 is 23.1 Å². The Labute approximate surface area is 191 Å². The minimum Gasteiger partial charge on any atom is -0.488 e. The van der Waals surface area contributed by atoms with Crippen LogP contribution in [-0.4, -0.2) is 27.5 Å². The zero-order chi connectivity index (χ0) is 22.3. The van der Waals surface area contributed by atoms with E-state index in [1.807, 2.05) is 19.1 Å². The van der Waals surface area contributed by atoms with Gasteiger partial charge in [-0.15, -0.1) is 11.3 Å².